The number of ether oxygens (including phenoxy) is 1. The number of carbonyl (C=O) groups excluding carboxylic acids is 1. The first-order chi connectivity index (χ1) is 7.13. The van der Waals surface area contributed by atoms with Crippen molar-refractivity contribution in [3.05, 3.63) is 0 Å². The fourth-order valence-electron chi connectivity index (χ4n) is 1.85. The summed E-state index contributed by atoms with van der Waals surface area (Å²) in [6.45, 7) is 6.04. The van der Waals surface area contributed by atoms with Gasteiger partial charge in [0.2, 0.25) is 5.91 Å². The molecule has 1 rings (SSSR count). The number of amides is 1. The Morgan fingerprint density at radius 3 is 2.80 bits per heavy atom. The highest BCUT2D eigenvalue weighted by Gasteiger charge is 2.23. The molecule has 4 heteroatoms. The number of rotatable bonds is 5. The largest absolute Gasteiger partial charge is 0.379 e. The molecule has 1 aliphatic heterocycles. The molecular weight excluding hydrogens is 192 g/mol. The molecule has 1 saturated heterocycles. The van der Waals surface area contributed by atoms with Gasteiger partial charge >= 0.3 is 0 Å². The molecule has 2 atom stereocenters. The van der Waals surface area contributed by atoms with E-state index in [-0.39, 0.29) is 17.9 Å². The first kappa shape index (κ1) is 12.5. The lowest BCUT2D eigenvalue weighted by Crippen LogP contribution is -2.42. The topological polar surface area (TPSA) is 64.4 Å². The molecule has 4 nitrogen and oxygen atoms in total. The summed E-state index contributed by atoms with van der Waals surface area (Å²) in [4.78, 5) is 11.8. The predicted octanol–water partition coefficient (Wildman–Crippen LogP) is 0.513. The van der Waals surface area contributed by atoms with Crippen LogP contribution in [-0.2, 0) is 9.53 Å². The quantitative estimate of drug-likeness (QED) is 0.701. The van der Waals surface area contributed by atoms with Crippen molar-refractivity contribution in [2.75, 3.05) is 19.8 Å². The van der Waals surface area contributed by atoms with E-state index in [1.54, 1.807) is 0 Å². The highest BCUT2D eigenvalue weighted by atomic mass is 16.5. The molecule has 1 amide bonds. The molecule has 0 radical (unpaired) electrons. The minimum atomic E-state index is -0.0504. The SMILES string of the molecule is CC(C)CC(CN)C(=O)NC1CCOC1. The Kier molecular flexibility index (Phi) is 5.05. The van der Waals surface area contributed by atoms with Crippen molar-refractivity contribution < 1.29 is 9.53 Å². The van der Waals surface area contributed by atoms with E-state index in [0.717, 1.165) is 19.4 Å². The summed E-state index contributed by atoms with van der Waals surface area (Å²) < 4.78 is 5.21. The van der Waals surface area contributed by atoms with Crippen molar-refractivity contribution >= 4 is 5.91 Å². The second-order valence-corrected chi connectivity index (χ2v) is 4.63. The molecule has 3 N–H and O–H groups in total. The fraction of sp³-hybridized carbons (Fsp3) is 0.909. The average Bonchev–Trinajstić information content (AvgIpc) is 2.66. The zero-order valence-corrected chi connectivity index (χ0v) is 9.66. The number of carbonyl (C=O) groups is 1. The van der Waals surface area contributed by atoms with Crippen LogP contribution in [0.4, 0.5) is 0 Å². The number of nitrogens with two attached hydrogens (primary N) is 1. The monoisotopic (exact) mass is 214 g/mol. The van der Waals surface area contributed by atoms with Gasteiger partial charge < -0.3 is 15.8 Å². The maximum Gasteiger partial charge on any atom is 0.224 e. The van der Waals surface area contributed by atoms with Crippen LogP contribution in [0.2, 0.25) is 0 Å². The summed E-state index contributed by atoms with van der Waals surface area (Å²) in [6.07, 6.45) is 1.78. The highest BCUT2D eigenvalue weighted by Crippen LogP contribution is 2.12. The third-order valence-corrected chi connectivity index (χ3v) is 2.69. The lowest BCUT2D eigenvalue weighted by Gasteiger charge is -2.19. The van der Waals surface area contributed by atoms with Gasteiger partial charge in [0.15, 0.2) is 0 Å². The Bertz CT molecular complexity index is 201. The van der Waals surface area contributed by atoms with Gasteiger partial charge in [-0.3, -0.25) is 4.79 Å². The Balaban J connectivity index is 2.34. The Morgan fingerprint density at radius 2 is 2.33 bits per heavy atom. The molecule has 0 bridgehead atoms. The van der Waals surface area contributed by atoms with Crippen LogP contribution in [0.1, 0.15) is 26.7 Å². The first-order valence-corrected chi connectivity index (χ1v) is 5.71. The van der Waals surface area contributed by atoms with Crippen LogP contribution in [0.5, 0.6) is 0 Å². The predicted molar refractivity (Wildman–Crippen MR) is 59.4 cm³/mol. The lowest BCUT2D eigenvalue weighted by molar-refractivity contribution is -0.125. The van der Waals surface area contributed by atoms with Crippen LogP contribution in [0.3, 0.4) is 0 Å². The molecule has 0 aromatic rings. The minimum Gasteiger partial charge on any atom is -0.379 e. The van der Waals surface area contributed by atoms with Gasteiger partial charge in [0.25, 0.3) is 0 Å². The number of hydrogen-bond donors (Lipinski definition) is 2. The summed E-state index contributed by atoms with van der Waals surface area (Å²) in [5.74, 6) is 0.538. The van der Waals surface area contributed by atoms with Crippen molar-refractivity contribution in [2.24, 2.45) is 17.6 Å². The third-order valence-electron chi connectivity index (χ3n) is 2.69. The van der Waals surface area contributed by atoms with Crippen LogP contribution < -0.4 is 11.1 Å². The summed E-state index contributed by atoms with van der Waals surface area (Å²) in [7, 11) is 0. The van der Waals surface area contributed by atoms with E-state index in [0.29, 0.717) is 19.1 Å². The van der Waals surface area contributed by atoms with Crippen LogP contribution in [0.15, 0.2) is 0 Å². The lowest BCUT2D eigenvalue weighted by atomic mass is 9.96. The van der Waals surface area contributed by atoms with Crippen molar-refractivity contribution in [1.29, 1.82) is 0 Å². The average molecular weight is 214 g/mol. The Labute approximate surface area is 91.5 Å². The van der Waals surface area contributed by atoms with Crippen molar-refractivity contribution in [3.8, 4) is 0 Å². The van der Waals surface area contributed by atoms with Gasteiger partial charge in [-0.25, -0.2) is 0 Å². The molecule has 0 aliphatic carbocycles. The molecule has 0 spiro atoms. The third kappa shape index (κ3) is 4.18. The van der Waals surface area contributed by atoms with E-state index in [2.05, 4.69) is 19.2 Å². The zero-order chi connectivity index (χ0) is 11.3. The van der Waals surface area contributed by atoms with Crippen LogP contribution >= 0.6 is 0 Å². The molecule has 1 aliphatic rings. The molecule has 0 aromatic heterocycles. The fourth-order valence-corrected chi connectivity index (χ4v) is 1.85. The Morgan fingerprint density at radius 1 is 1.60 bits per heavy atom. The van der Waals surface area contributed by atoms with E-state index in [4.69, 9.17) is 10.5 Å². The highest BCUT2D eigenvalue weighted by molar-refractivity contribution is 5.79. The standard InChI is InChI=1S/C11H22N2O2/c1-8(2)5-9(6-12)11(14)13-10-3-4-15-7-10/h8-10H,3-7,12H2,1-2H3,(H,13,14). The van der Waals surface area contributed by atoms with E-state index < -0.39 is 0 Å². The second-order valence-electron chi connectivity index (χ2n) is 4.63. The van der Waals surface area contributed by atoms with E-state index in [9.17, 15) is 4.79 Å². The van der Waals surface area contributed by atoms with Crippen LogP contribution in [0, 0.1) is 11.8 Å². The molecule has 88 valence electrons. The molecule has 0 aromatic carbocycles. The van der Waals surface area contributed by atoms with Crippen LogP contribution in [0.25, 0.3) is 0 Å². The molecule has 1 fully saturated rings. The number of nitrogens with one attached hydrogen (secondary N) is 1. The van der Waals surface area contributed by atoms with Crippen LogP contribution in [-0.4, -0.2) is 31.7 Å². The molecular formula is C11H22N2O2. The van der Waals surface area contributed by atoms with Gasteiger partial charge in [-0.15, -0.1) is 0 Å². The van der Waals surface area contributed by atoms with Crippen molar-refractivity contribution in [1.82, 2.24) is 5.32 Å². The molecule has 15 heavy (non-hydrogen) atoms. The summed E-state index contributed by atoms with van der Waals surface area (Å²) in [6, 6.07) is 0.193. The molecule has 0 saturated carbocycles. The Hall–Kier alpha value is -0.610. The van der Waals surface area contributed by atoms with E-state index in [1.807, 2.05) is 0 Å². The molecule has 1 heterocycles. The maximum absolute atomic E-state index is 11.8. The first-order valence-electron chi connectivity index (χ1n) is 5.71. The van der Waals surface area contributed by atoms with Gasteiger partial charge in [-0.1, -0.05) is 13.8 Å². The van der Waals surface area contributed by atoms with Crippen molar-refractivity contribution in [3.63, 3.8) is 0 Å². The summed E-state index contributed by atoms with van der Waals surface area (Å²) in [5, 5.41) is 2.99. The summed E-state index contributed by atoms with van der Waals surface area (Å²) in [5.41, 5.74) is 5.60. The van der Waals surface area contributed by atoms with Crippen molar-refractivity contribution in [2.45, 2.75) is 32.7 Å². The normalized spacial score (nSPS) is 23.1. The van der Waals surface area contributed by atoms with E-state index in [1.165, 1.54) is 0 Å². The number of hydrogen-bond acceptors (Lipinski definition) is 3. The van der Waals surface area contributed by atoms with Gasteiger partial charge in [0, 0.05) is 13.2 Å². The van der Waals surface area contributed by atoms with Gasteiger partial charge in [-0.05, 0) is 18.8 Å². The van der Waals surface area contributed by atoms with Gasteiger partial charge in [-0.2, -0.15) is 0 Å². The molecule has 2 unspecified atom stereocenters. The summed E-state index contributed by atoms with van der Waals surface area (Å²) >= 11 is 0. The maximum atomic E-state index is 11.8. The smallest absolute Gasteiger partial charge is 0.224 e. The second kappa shape index (κ2) is 6.08. The minimum absolute atomic E-state index is 0.0504. The van der Waals surface area contributed by atoms with Gasteiger partial charge in [0.05, 0.1) is 18.6 Å². The van der Waals surface area contributed by atoms with Gasteiger partial charge in [0.1, 0.15) is 0 Å². The van der Waals surface area contributed by atoms with E-state index >= 15 is 0 Å². The zero-order valence-electron chi connectivity index (χ0n) is 9.66.